The number of guanidine groups is 2. The molecule has 0 radical (unpaired) electrons. The molecule has 0 aliphatic carbocycles. The topological polar surface area (TPSA) is 366 Å². The Labute approximate surface area is 223 Å². The van der Waals surface area contributed by atoms with Gasteiger partial charge in [-0.15, -0.1) is 0 Å². The number of nitrogens with one attached hydrogen (secondary N) is 3. The lowest BCUT2D eigenvalue weighted by atomic mass is 10.1. The predicted octanol–water partition coefficient (Wildman–Crippen LogP) is -6.29. The third-order valence-electron chi connectivity index (χ3n) is 4.94. The number of carboxylic acid groups (broad SMARTS) is 1. The van der Waals surface area contributed by atoms with E-state index in [-0.39, 0.29) is 44.3 Å². The van der Waals surface area contributed by atoms with Gasteiger partial charge in [0, 0.05) is 13.1 Å². The van der Waals surface area contributed by atoms with Crippen molar-refractivity contribution in [1.82, 2.24) is 16.0 Å². The summed E-state index contributed by atoms with van der Waals surface area (Å²) < 4.78 is 0. The molecular weight excluding hydrogens is 520 g/mol. The zero-order chi connectivity index (χ0) is 30.1. The van der Waals surface area contributed by atoms with E-state index in [1.165, 1.54) is 0 Å². The number of carboxylic acids is 1. The Hall–Kier alpha value is -4.68. The number of primary amides is 2. The molecule has 0 bridgehead atoms. The van der Waals surface area contributed by atoms with E-state index in [0.717, 1.165) is 0 Å². The summed E-state index contributed by atoms with van der Waals surface area (Å²) in [5, 5.41) is 15.9. The lowest BCUT2D eigenvalue weighted by Crippen LogP contribution is -2.58. The Morgan fingerprint density at radius 1 is 0.615 bits per heavy atom. The van der Waals surface area contributed by atoms with Crippen molar-refractivity contribution >= 4 is 47.4 Å². The van der Waals surface area contributed by atoms with Crippen molar-refractivity contribution in [3.05, 3.63) is 0 Å². The Morgan fingerprint density at radius 3 is 1.49 bits per heavy atom. The average Bonchev–Trinajstić information content (AvgIpc) is 2.81. The fourth-order valence-electron chi connectivity index (χ4n) is 3.06. The van der Waals surface area contributed by atoms with Crippen LogP contribution in [-0.2, 0) is 28.8 Å². The molecule has 4 atom stereocenters. The molecule has 19 heteroatoms. The molecule has 0 aliphatic heterocycles. The fraction of sp³-hybridized carbons (Fsp3) is 0.600. The number of aliphatic imine (C=N–C) groups is 2. The first kappa shape index (κ1) is 34.3. The van der Waals surface area contributed by atoms with E-state index in [2.05, 4.69) is 20.6 Å². The zero-order valence-electron chi connectivity index (χ0n) is 21.3. The van der Waals surface area contributed by atoms with Gasteiger partial charge in [-0.3, -0.25) is 34.0 Å². The third kappa shape index (κ3) is 15.9. The minimum Gasteiger partial charge on any atom is -0.480 e. The molecule has 0 heterocycles. The Morgan fingerprint density at radius 2 is 1.03 bits per heavy atom. The number of nitrogens with zero attached hydrogens (tertiary/aromatic N) is 2. The van der Waals surface area contributed by atoms with Crippen molar-refractivity contribution < 1.29 is 33.9 Å². The summed E-state index contributed by atoms with van der Waals surface area (Å²) in [7, 11) is 0. The van der Waals surface area contributed by atoms with E-state index in [1.807, 2.05) is 5.32 Å². The van der Waals surface area contributed by atoms with E-state index in [0.29, 0.717) is 6.42 Å². The van der Waals surface area contributed by atoms with Crippen LogP contribution in [0.2, 0.25) is 0 Å². The predicted molar refractivity (Wildman–Crippen MR) is 139 cm³/mol. The number of nitrogens with two attached hydrogens (primary N) is 7. The maximum Gasteiger partial charge on any atom is 0.326 e. The maximum absolute atomic E-state index is 13.0. The first-order valence-electron chi connectivity index (χ1n) is 11.7. The second-order valence-electron chi connectivity index (χ2n) is 8.37. The molecule has 0 rings (SSSR count). The van der Waals surface area contributed by atoms with Gasteiger partial charge in [-0.1, -0.05) is 0 Å². The Kier molecular flexibility index (Phi) is 15.6. The van der Waals surface area contributed by atoms with E-state index >= 15 is 0 Å². The zero-order valence-corrected chi connectivity index (χ0v) is 21.3. The van der Waals surface area contributed by atoms with Crippen LogP contribution in [0.3, 0.4) is 0 Å². The highest BCUT2D eigenvalue weighted by molar-refractivity contribution is 5.96. The van der Waals surface area contributed by atoms with Gasteiger partial charge >= 0.3 is 5.97 Å². The summed E-state index contributed by atoms with van der Waals surface area (Å²) in [6, 6.07) is -5.68. The normalized spacial score (nSPS) is 13.5. The molecule has 0 saturated carbocycles. The standard InChI is InChI=1S/C20H38N12O7/c21-9(3-1-5-28-19(24)25)15(35)30-10(4-2-6-29-20(26)27)16(36)31-11(7-13(22)33)17(37)32-12(18(38)39)8-14(23)34/h9-12H,1-8,21H2,(H2,22,33)(H2,23,34)(H,30,35)(H,31,36)(H,32,37)(H,38,39)(H4,24,25,28)(H4,26,27,29). The molecule has 19 nitrogen and oxygen atoms in total. The van der Waals surface area contributed by atoms with Crippen LogP contribution in [0.5, 0.6) is 0 Å². The van der Waals surface area contributed by atoms with Crippen molar-refractivity contribution in [2.24, 2.45) is 50.1 Å². The molecule has 5 amide bonds. The number of amides is 5. The van der Waals surface area contributed by atoms with Gasteiger partial charge in [0.2, 0.25) is 29.5 Å². The summed E-state index contributed by atoms with van der Waals surface area (Å²) in [6.07, 6.45) is -0.733. The molecule has 0 saturated heterocycles. The van der Waals surface area contributed by atoms with E-state index in [1.54, 1.807) is 0 Å². The average molecular weight is 559 g/mol. The van der Waals surface area contributed by atoms with Crippen molar-refractivity contribution in [2.45, 2.75) is 62.7 Å². The van der Waals surface area contributed by atoms with E-state index < -0.39 is 72.5 Å². The number of hydrogen-bond donors (Lipinski definition) is 11. The van der Waals surface area contributed by atoms with Crippen LogP contribution >= 0.6 is 0 Å². The summed E-state index contributed by atoms with van der Waals surface area (Å²) in [4.78, 5) is 79.9. The number of rotatable bonds is 19. The smallest absolute Gasteiger partial charge is 0.326 e. The molecule has 4 unspecified atom stereocenters. The number of carbonyl (C=O) groups excluding carboxylic acids is 5. The van der Waals surface area contributed by atoms with Gasteiger partial charge in [0.1, 0.15) is 18.1 Å². The summed E-state index contributed by atoms with van der Waals surface area (Å²) in [6.45, 7) is 0.327. The van der Waals surface area contributed by atoms with Crippen LogP contribution in [0, 0.1) is 0 Å². The van der Waals surface area contributed by atoms with Crippen LogP contribution in [0.4, 0.5) is 0 Å². The maximum atomic E-state index is 13.0. The first-order chi connectivity index (χ1) is 18.1. The van der Waals surface area contributed by atoms with Crippen molar-refractivity contribution in [3.8, 4) is 0 Å². The van der Waals surface area contributed by atoms with Crippen LogP contribution in [-0.4, -0.2) is 89.8 Å². The summed E-state index contributed by atoms with van der Waals surface area (Å²) in [5.41, 5.74) is 37.1. The Bertz CT molecular complexity index is 947. The molecule has 0 spiro atoms. The van der Waals surface area contributed by atoms with E-state index in [9.17, 15) is 33.9 Å². The van der Waals surface area contributed by atoms with Gasteiger partial charge in [0.15, 0.2) is 11.9 Å². The van der Waals surface area contributed by atoms with Crippen LogP contribution in [0.1, 0.15) is 38.5 Å². The highest BCUT2D eigenvalue weighted by Gasteiger charge is 2.31. The first-order valence-corrected chi connectivity index (χ1v) is 11.7. The van der Waals surface area contributed by atoms with Crippen LogP contribution in [0.15, 0.2) is 9.98 Å². The quantitative estimate of drug-likeness (QED) is 0.0400. The lowest BCUT2D eigenvalue weighted by molar-refractivity contribution is -0.144. The number of carbonyl (C=O) groups is 6. The van der Waals surface area contributed by atoms with Crippen LogP contribution in [0.25, 0.3) is 0 Å². The monoisotopic (exact) mass is 558 g/mol. The SMILES string of the molecule is NC(=O)CC(NC(=O)C(CC(N)=O)NC(=O)C(CCCN=C(N)N)NC(=O)C(N)CCCN=C(N)N)C(=O)O. The lowest BCUT2D eigenvalue weighted by Gasteiger charge is -2.24. The van der Waals surface area contributed by atoms with Gasteiger partial charge in [0.25, 0.3) is 0 Å². The third-order valence-corrected chi connectivity index (χ3v) is 4.94. The number of aliphatic carboxylic acids is 1. The Balaban J connectivity index is 5.61. The van der Waals surface area contributed by atoms with Crippen LogP contribution < -0.4 is 56.1 Å². The minimum atomic E-state index is -1.73. The van der Waals surface area contributed by atoms with Crippen molar-refractivity contribution in [2.75, 3.05) is 13.1 Å². The van der Waals surface area contributed by atoms with E-state index in [4.69, 9.17) is 40.1 Å². The van der Waals surface area contributed by atoms with Crippen molar-refractivity contribution in [3.63, 3.8) is 0 Å². The molecule has 18 N–H and O–H groups in total. The molecule has 0 aliphatic rings. The van der Waals surface area contributed by atoms with Gasteiger partial charge < -0.3 is 61.2 Å². The molecular formula is C20H38N12O7. The second-order valence-corrected chi connectivity index (χ2v) is 8.37. The largest absolute Gasteiger partial charge is 0.480 e. The second kappa shape index (κ2) is 17.7. The highest BCUT2D eigenvalue weighted by Crippen LogP contribution is 2.04. The minimum absolute atomic E-state index is 0.0145. The molecule has 0 aromatic carbocycles. The van der Waals surface area contributed by atoms with Gasteiger partial charge in [0.05, 0.1) is 18.9 Å². The molecule has 220 valence electrons. The van der Waals surface area contributed by atoms with Crippen molar-refractivity contribution in [1.29, 1.82) is 0 Å². The molecule has 0 aromatic rings. The number of hydrogen-bond acceptors (Lipinski definition) is 9. The molecule has 0 aromatic heterocycles. The summed E-state index contributed by atoms with van der Waals surface area (Å²) >= 11 is 0. The fourth-order valence-corrected chi connectivity index (χ4v) is 3.06. The van der Waals surface area contributed by atoms with Gasteiger partial charge in [-0.2, -0.15) is 0 Å². The van der Waals surface area contributed by atoms with Gasteiger partial charge in [-0.05, 0) is 25.7 Å². The van der Waals surface area contributed by atoms with Gasteiger partial charge in [-0.25, -0.2) is 4.79 Å². The molecule has 0 fully saturated rings. The molecule has 39 heavy (non-hydrogen) atoms. The summed E-state index contributed by atoms with van der Waals surface area (Å²) in [5.74, 6) is -6.66. The highest BCUT2D eigenvalue weighted by atomic mass is 16.4.